The third-order valence-electron chi connectivity index (χ3n) is 1.71. The number of carbonyl (C=O) groups excluding carboxylic acids is 1. The van der Waals surface area contributed by atoms with Gasteiger partial charge >= 0.3 is 5.97 Å². The van der Waals surface area contributed by atoms with Gasteiger partial charge < -0.3 is 4.74 Å². The van der Waals surface area contributed by atoms with Gasteiger partial charge in [0.15, 0.2) is 6.10 Å². The van der Waals surface area contributed by atoms with Crippen molar-refractivity contribution in [1.82, 2.24) is 0 Å². The smallest absolute Gasteiger partial charge is 0.348 e. The molecule has 1 atom stereocenters. The van der Waals surface area contributed by atoms with Crippen molar-refractivity contribution in [2.24, 2.45) is 5.92 Å². The lowest BCUT2D eigenvalue weighted by Crippen LogP contribution is -1.91. The summed E-state index contributed by atoms with van der Waals surface area (Å²) in [5.41, 5.74) is 0. The van der Waals surface area contributed by atoms with Gasteiger partial charge in [-0.25, -0.2) is 4.79 Å². The molecule has 0 amide bonds. The molecule has 0 aromatic carbocycles. The second kappa shape index (κ2) is 3.04. The highest BCUT2D eigenvalue weighted by Crippen LogP contribution is 2.20. The first-order valence-electron chi connectivity index (χ1n) is 3.90. The first-order valence-corrected chi connectivity index (χ1v) is 3.90. The molecule has 1 heterocycles. The first-order chi connectivity index (χ1) is 4.70. The molecule has 2 nitrogen and oxygen atoms in total. The molecule has 1 fully saturated rings. The topological polar surface area (TPSA) is 29.6 Å². The van der Waals surface area contributed by atoms with Gasteiger partial charge in [0.1, 0.15) is 0 Å². The van der Waals surface area contributed by atoms with Crippen LogP contribution in [0.15, 0.2) is 0 Å². The van der Waals surface area contributed by atoms with Crippen LogP contribution in [0, 0.1) is 5.92 Å². The standard InChI is InChI=1S/C8H14O2/c1-6(2)4-3-5-7-8(9)10-7/h6-7H,3-5H2,1-2H3. The van der Waals surface area contributed by atoms with E-state index < -0.39 is 0 Å². The molecule has 2 heteroatoms. The minimum Gasteiger partial charge on any atom is -0.448 e. The molecule has 0 aliphatic carbocycles. The van der Waals surface area contributed by atoms with Gasteiger partial charge in [0, 0.05) is 0 Å². The fraction of sp³-hybridized carbons (Fsp3) is 0.875. The summed E-state index contributed by atoms with van der Waals surface area (Å²) in [6, 6.07) is 0. The van der Waals surface area contributed by atoms with Crippen molar-refractivity contribution < 1.29 is 9.53 Å². The Hall–Kier alpha value is -0.530. The van der Waals surface area contributed by atoms with E-state index in [1.807, 2.05) is 0 Å². The second-order valence-electron chi connectivity index (χ2n) is 3.25. The molecule has 0 spiro atoms. The number of ether oxygens (including phenoxy) is 1. The fourth-order valence-electron chi connectivity index (χ4n) is 0.994. The van der Waals surface area contributed by atoms with Crippen LogP contribution in [0.1, 0.15) is 33.1 Å². The maximum absolute atomic E-state index is 10.3. The highest BCUT2D eigenvalue weighted by molar-refractivity contribution is 5.87. The minimum atomic E-state index is -0.0289. The molecule has 0 radical (unpaired) electrons. The number of hydrogen-bond donors (Lipinski definition) is 0. The highest BCUT2D eigenvalue weighted by atomic mass is 16.6. The van der Waals surface area contributed by atoms with Crippen molar-refractivity contribution >= 4 is 5.97 Å². The van der Waals surface area contributed by atoms with Crippen molar-refractivity contribution in [3.05, 3.63) is 0 Å². The lowest BCUT2D eigenvalue weighted by Gasteiger charge is -1.99. The summed E-state index contributed by atoms with van der Waals surface area (Å²) in [7, 11) is 0. The number of rotatable bonds is 4. The Kier molecular flexibility index (Phi) is 2.30. The van der Waals surface area contributed by atoms with Gasteiger partial charge in [-0.3, -0.25) is 0 Å². The number of carbonyl (C=O) groups is 1. The van der Waals surface area contributed by atoms with Crippen LogP contribution in [-0.2, 0) is 9.53 Å². The molecule has 0 aromatic rings. The van der Waals surface area contributed by atoms with E-state index in [2.05, 4.69) is 18.6 Å². The number of cyclic esters (lactones) is 1. The van der Waals surface area contributed by atoms with Crippen LogP contribution in [0.5, 0.6) is 0 Å². The van der Waals surface area contributed by atoms with Crippen LogP contribution in [0.4, 0.5) is 0 Å². The zero-order valence-electron chi connectivity index (χ0n) is 6.59. The van der Waals surface area contributed by atoms with Gasteiger partial charge in [0.05, 0.1) is 0 Å². The largest absolute Gasteiger partial charge is 0.448 e. The molecule has 0 aromatic heterocycles. The van der Waals surface area contributed by atoms with E-state index in [0.29, 0.717) is 0 Å². The van der Waals surface area contributed by atoms with Gasteiger partial charge in [0.25, 0.3) is 0 Å². The van der Waals surface area contributed by atoms with E-state index in [-0.39, 0.29) is 12.1 Å². The average Bonchev–Trinajstić information content (AvgIpc) is 2.46. The molecule has 1 unspecified atom stereocenters. The summed E-state index contributed by atoms with van der Waals surface area (Å²) in [5, 5.41) is 0. The summed E-state index contributed by atoms with van der Waals surface area (Å²) in [5.74, 6) is 0.734. The zero-order chi connectivity index (χ0) is 7.56. The summed E-state index contributed by atoms with van der Waals surface area (Å²) in [4.78, 5) is 10.3. The Labute approximate surface area is 61.6 Å². The minimum absolute atomic E-state index is 0.0104. The predicted octanol–water partition coefficient (Wildman–Crippen LogP) is 1.74. The normalized spacial score (nSPS) is 23.1. The third-order valence-corrected chi connectivity index (χ3v) is 1.71. The van der Waals surface area contributed by atoms with Gasteiger partial charge in [-0.15, -0.1) is 0 Å². The Bertz CT molecular complexity index is 129. The Balaban J connectivity index is 1.91. The molecule has 1 rings (SSSR count). The van der Waals surface area contributed by atoms with Gasteiger partial charge in [-0.05, 0) is 18.8 Å². The molecular weight excluding hydrogens is 128 g/mol. The van der Waals surface area contributed by atoms with Crippen LogP contribution in [0.25, 0.3) is 0 Å². The highest BCUT2D eigenvalue weighted by Gasteiger charge is 2.36. The maximum Gasteiger partial charge on any atom is 0.348 e. The maximum atomic E-state index is 10.3. The van der Waals surface area contributed by atoms with Crippen molar-refractivity contribution in [2.45, 2.75) is 39.2 Å². The third kappa shape index (κ3) is 2.38. The molecule has 0 N–H and O–H groups in total. The van der Waals surface area contributed by atoms with E-state index in [4.69, 9.17) is 0 Å². The average molecular weight is 142 g/mol. The Morgan fingerprint density at radius 1 is 1.60 bits per heavy atom. The van der Waals surface area contributed by atoms with Gasteiger partial charge in [-0.2, -0.15) is 0 Å². The van der Waals surface area contributed by atoms with Crippen molar-refractivity contribution in [3.63, 3.8) is 0 Å². The summed E-state index contributed by atoms with van der Waals surface area (Å²) in [6.07, 6.45) is 3.22. The van der Waals surface area contributed by atoms with Crippen molar-refractivity contribution in [1.29, 1.82) is 0 Å². The van der Waals surface area contributed by atoms with Crippen molar-refractivity contribution in [3.8, 4) is 0 Å². The molecule has 10 heavy (non-hydrogen) atoms. The number of epoxide rings is 1. The monoisotopic (exact) mass is 142 g/mol. The molecule has 1 aliphatic heterocycles. The summed E-state index contributed by atoms with van der Waals surface area (Å²) >= 11 is 0. The second-order valence-corrected chi connectivity index (χ2v) is 3.25. The van der Waals surface area contributed by atoms with Crippen molar-refractivity contribution in [2.75, 3.05) is 0 Å². The SMILES string of the molecule is CC(C)CCCC1OC1=O. The van der Waals surface area contributed by atoms with Crippen LogP contribution in [0.2, 0.25) is 0 Å². The van der Waals surface area contributed by atoms with Crippen LogP contribution in [-0.4, -0.2) is 12.1 Å². The quantitative estimate of drug-likeness (QED) is 0.559. The first kappa shape index (κ1) is 7.58. The van der Waals surface area contributed by atoms with E-state index in [1.54, 1.807) is 0 Å². The van der Waals surface area contributed by atoms with E-state index in [1.165, 1.54) is 6.42 Å². The molecule has 0 saturated carbocycles. The molecule has 1 saturated heterocycles. The predicted molar refractivity (Wildman–Crippen MR) is 38.6 cm³/mol. The van der Waals surface area contributed by atoms with Crippen LogP contribution >= 0.6 is 0 Å². The number of hydrogen-bond acceptors (Lipinski definition) is 2. The van der Waals surface area contributed by atoms with E-state index >= 15 is 0 Å². The van der Waals surface area contributed by atoms with Gasteiger partial charge in [-0.1, -0.05) is 20.3 Å². The zero-order valence-corrected chi connectivity index (χ0v) is 6.59. The van der Waals surface area contributed by atoms with E-state index in [9.17, 15) is 4.79 Å². The molecule has 58 valence electrons. The lowest BCUT2D eigenvalue weighted by atomic mass is 10.1. The van der Waals surface area contributed by atoms with E-state index in [0.717, 1.165) is 18.8 Å². The summed E-state index contributed by atoms with van der Waals surface area (Å²) < 4.78 is 4.66. The molecule has 1 aliphatic rings. The van der Waals surface area contributed by atoms with Crippen LogP contribution < -0.4 is 0 Å². The summed E-state index contributed by atoms with van der Waals surface area (Å²) in [6.45, 7) is 4.38. The Morgan fingerprint density at radius 3 is 2.60 bits per heavy atom. The van der Waals surface area contributed by atoms with Gasteiger partial charge in [0.2, 0.25) is 0 Å². The lowest BCUT2D eigenvalue weighted by molar-refractivity contribution is -0.117. The van der Waals surface area contributed by atoms with Crippen LogP contribution in [0.3, 0.4) is 0 Å². The molecule has 0 bridgehead atoms. The Morgan fingerprint density at radius 2 is 2.20 bits per heavy atom. The fourth-order valence-corrected chi connectivity index (χ4v) is 0.994. The molecular formula is C8H14O2.